The molecule has 1 atom stereocenters. The van der Waals surface area contributed by atoms with Crippen LogP contribution in [-0.2, 0) is 14.3 Å². The van der Waals surface area contributed by atoms with Gasteiger partial charge in [0.2, 0.25) is 0 Å². The van der Waals surface area contributed by atoms with Crippen molar-refractivity contribution in [1.82, 2.24) is 0 Å². The molecular weight excluding hydrogens is 436 g/mol. The lowest BCUT2D eigenvalue weighted by Gasteiger charge is -2.11. The molecule has 0 aromatic rings. The Balaban J connectivity index is 3.44. The van der Waals surface area contributed by atoms with Gasteiger partial charge in [0.15, 0.2) is 0 Å². The van der Waals surface area contributed by atoms with Crippen LogP contribution in [0.3, 0.4) is 0 Å². The highest BCUT2D eigenvalue weighted by Gasteiger charge is 2.21. The molecule has 0 aliphatic heterocycles. The Kier molecular flexibility index (Phi) is 25.8. The quantitative estimate of drug-likeness (QED) is 0.0704. The Bertz CT molecular complexity index is 526. The number of unbranched alkanes of at least 4 members (excludes halogenated alkanes) is 19. The first kappa shape index (κ1) is 33.4. The highest BCUT2D eigenvalue weighted by atomic mass is 16.5. The van der Waals surface area contributed by atoms with Gasteiger partial charge in [0, 0.05) is 0 Å². The van der Waals surface area contributed by atoms with Crippen LogP contribution in [0.25, 0.3) is 0 Å². The third-order valence-electron chi connectivity index (χ3n) is 6.66. The number of rotatable bonds is 27. The lowest BCUT2D eigenvalue weighted by molar-refractivity contribution is -0.152. The van der Waals surface area contributed by atoms with E-state index in [0.29, 0.717) is 6.42 Å². The number of hydrogen-bond acceptors (Lipinski definition) is 3. The van der Waals surface area contributed by atoms with Gasteiger partial charge in [-0.3, -0.25) is 9.59 Å². The molecule has 0 amide bonds. The van der Waals surface area contributed by atoms with Crippen molar-refractivity contribution < 1.29 is 19.4 Å². The predicted octanol–water partition coefficient (Wildman–Crippen LogP) is 9.57. The Morgan fingerprint density at radius 1 is 0.714 bits per heavy atom. The number of carboxylic acids is 1. The average Bonchev–Trinajstić information content (AvgIpc) is 2.84. The molecule has 0 heterocycles. The molecule has 0 bridgehead atoms. The average molecular weight is 493 g/mol. The molecule has 4 nitrogen and oxygen atoms in total. The second kappa shape index (κ2) is 27.0. The number of aliphatic carboxylic acids is 1. The third kappa shape index (κ3) is 25.3. The van der Waals surface area contributed by atoms with Crippen LogP contribution in [0.4, 0.5) is 0 Å². The monoisotopic (exact) mass is 492 g/mol. The van der Waals surface area contributed by atoms with Gasteiger partial charge in [-0.15, -0.1) is 0 Å². The van der Waals surface area contributed by atoms with E-state index in [4.69, 9.17) is 9.84 Å². The zero-order valence-corrected chi connectivity index (χ0v) is 23.0. The van der Waals surface area contributed by atoms with Crippen molar-refractivity contribution >= 4 is 11.9 Å². The van der Waals surface area contributed by atoms with Crippen molar-refractivity contribution in [2.75, 3.05) is 6.61 Å². The predicted molar refractivity (Wildman–Crippen MR) is 149 cm³/mol. The molecule has 0 saturated heterocycles. The maximum absolute atomic E-state index is 11.9. The van der Waals surface area contributed by atoms with Gasteiger partial charge in [-0.25, -0.2) is 0 Å². The summed E-state index contributed by atoms with van der Waals surface area (Å²) in [6, 6.07) is 0. The van der Waals surface area contributed by atoms with Crippen molar-refractivity contribution in [3.8, 4) is 0 Å². The van der Waals surface area contributed by atoms with Crippen LogP contribution >= 0.6 is 0 Å². The van der Waals surface area contributed by atoms with E-state index in [1.54, 1.807) is 0 Å². The van der Waals surface area contributed by atoms with E-state index in [-0.39, 0.29) is 13.0 Å². The van der Waals surface area contributed by atoms with Crippen molar-refractivity contribution in [1.29, 1.82) is 0 Å². The highest BCUT2D eigenvalue weighted by Crippen LogP contribution is 2.16. The minimum Gasteiger partial charge on any atom is -0.481 e. The Labute approximate surface area is 217 Å². The molecule has 0 fully saturated rings. The Morgan fingerprint density at radius 3 is 1.54 bits per heavy atom. The minimum atomic E-state index is -0.974. The summed E-state index contributed by atoms with van der Waals surface area (Å²) in [5, 5.41) is 8.98. The number of carboxylic acid groups (broad SMARTS) is 1. The van der Waals surface area contributed by atoms with Gasteiger partial charge in [-0.1, -0.05) is 147 Å². The maximum Gasteiger partial charge on any atom is 0.310 e. The molecular formula is C31H56O4. The van der Waals surface area contributed by atoms with Crippen LogP contribution in [0.5, 0.6) is 0 Å². The summed E-state index contributed by atoms with van der Waals surface area (Å²) in [4.78, 5) is 22.9. The molecule has 35 heavy (non-hydrogen) atoms. The van der Waals surface area contributed by atoms with Gasteiger partial charge in [0.1, 0.15) is 6.61 Å². The van der Waals surface area contributed by atoms with Crippen LogP contribution in [-0.4, -0.2) is 23.7 Å². The molecule has 0 aromatic heterocycles. The number of allylic oxidation sites excluding steroid dienone is 2. The number of hydrogen-bond donors (Lipinski definition) is 1. The Morgan fingerprint density at radius 2 is 1.14 bits per heavy atom. The molecule has 1 unspecified atom stereocenters. The lowest BCUT2D eigenvalue weighted by Crippen LogP contribution is -2.20. The molecule has 1 N–H and O–H groups in total. The summed E-state index contributed by atoms with van der Waals surface area (Å²) in [6.07, 6.45) is 32.9. The number of ether oxygens (including phenoxy) is 1. The lowest BCUT2D eigenvalue weighted by atomic mass is 10.0. The summed E-state index contributed by atoms with van der Waals surface area (Å²) < 4.78 is 5.00. The van der Waals surface area contributed by atoms with Gasteiger partial charge < -0.3 is 9.84 Å². The molecule has 0 spiro atoms. The zero-order valence-electron chi connectivity index (χ0n) is 23.0. The molecule has 0 rings (SSSR count). The van der Waals surface area contributed by atoms with Gasteiger partial charge in [-0.2, -0.15) is 0 Å². The summed E-state index contributed by atoms with van der Waals surface area (Å²) in [5.74, 6) is -2.05. The fourth-order valence-corrected chi connectivity index (χ4v) is 4.45. The number of carbonyl (C=O) groups excluding carboxylic acids is 1. The van der Waals surface area contributed by atoms with Crippen LogP contribution in [0, 0.1) is 5.92 Å². The summed E-state index contributed by atoms with van der Waals surface area (Å²) >= 11 is 0. The van der Waals surface area contributed by atoms with Crippen molar-refractivity contribution in [3.05, 3.63) is 24.8 Å². The largest absolute Gasteiger partial charge is 0.481 e. The molecule has 0 aromatic carbocycles. The normalized spacial score (nSPS) is 12.1. The second-order valence-corrected chi connectivity index (χ2v) is 10.1. The highest BCUT2D eigenvalue weighted by molar-refractivity contribution is 5.79. The zero-order chi connectivity index (χ0) is 25.8. The van der Waals surface area contributed by atoms with E-state index in [0.717, 1.165) is 12.8 Å². The van der Waals surface area contributed by atoms with E-state index in [1.165, 1.54) is 122 Å². The fourth-order valence-electron chi connectivity index (χ4n) is 4.45. The Hall–Kier alpha value is -1.58. The third-order valence-corrected chi connectivity index (χ3v) is 6.66. The van der Waals surface area contributed by atoms with Crippen LogP contribution in [0.2, 0.25) is 0 Å². The van der Waals surface area contributed by atoms with Crippen molar-refractivity contribution in [2.45, 2.75) is 148 Å². The fraction of sp³-hybridized carbons (Fsp3) is 0.806. The van der Waals surface area contributed by atoms with Crippen LogP contribution in [0.15, 0.2) is 24.8 Å². The topological polar surface area (TPSA) is 63.6 Å². The van der Waals surface area contributed by atoms with Gasteiger partial charge in [0.05, 0.1) is 12.3 Å². The first-order valence-electron chi connectivity index (χ1n) is 14.8. The van der Waals surface area contributed by atoms with Crippen LogP contribution in [0.1, 0.15) is 148 Å². The molecule has 4 heteroatoms. The van der Waals surface area contributed by atoms with Crippen LogP contribution < -0.4 is 0 Å². The van der Waals surface area contributed by atoms with E-state index in [9.17, 15) is 9.59 Å². The second-order valence-electron chi connectivity index (χ2n) is 10.1. The van der Waals surface area contributed by atoms with Crippen molar-refractivity contribution in [2.24, 2.45) is 5.92 Å². The molecule has 0 radical (unpaired) electrons. The molecule has 0 saturated carbocycles. The minimum absolute atomic E-state index is 0.123. The maximum atomic E-state index is 11.9. The van der Waals surface area contributed by atoms with E-state index in [2.05, 4.69) is 19.6 Å². The molecule has 0 aliphatic rings. The molecule has 204 valence electrons. The van der Waals surface area contributed by atoms with Gasteiger partial charge >= 0.3 is 11.9 Å². The van der Waals surface area contributed by atoms with Gasteiger partial charge in [0.25, 0.3) is 0 Å². The SMILES string of the molecule is C=CCOC(=O)C(C/C=C/CCCCCCCCCCCCCCCCCCCCC)CC(=O)O. The van der Waals surface area contributed by atoms with E-state index in [1.807, 2.05) is 6.08 Å². The van der Waals surface area contributed by atoms with Gasteiger partial charge in [-0.05, 0) is 19.3 Å². The van der Waals surface area contributed by atoms with E-state index >= 15 is 0 Å². The summed E-state index contributed by atoms with van der Waals surface area (Å²) in [5.41, 5.74) is 0. The van der Waals surface area contributed by atoms with Crippen molar-refractivity contribution in [3.63, 3.8) is 0 Å². The van der Waals surface area contributed by atoms with E-state index < -0.39 is 17.9 Å². The smallest absolute Gasteiger partial charge is 0.310 e. The number of esters is 1. The number of carbonyl (C=O) groups is 2. The standard InChI is InChI=1S/C31H56O4/c1-3-5-6-7-8-9-10-11-12-13-14-15-16-17-18-19-20-21-22-23-24-25-26-29(28-30(32)33)31(34)35-27-4-2/h4,24-25,29H,2-3,5-23,26-28H2,1H3,(H,32,33)/b25-24+. The first-order chi connectivity index (χ1) is 17.1. The summed E-state index contributed by atoms with van der Waals surface area (Å²) in [6.45, 7) is 5.91. The summed E-state index contributed by atoms with van der Waals surface area (Å²) in [7, 11) is 0. The first-order valence-corrected chi connectivity index (χ1v) is 14.8. The molecule has 0 aliphatic carbocycles.